The van der Waals surface area contributed by atoms with Crippen LogP contribution in [-0.4, -0.2) is 31.2 Å². The van der Waals surface area contributed by atoms with E-state index >= 15 is 0 Å². The molecular formula is C22H20FN3O4S2. The molecule has 4 aromatic rings. The maximum Gasteiger partial charge on any atom is 0.299 e. The molecule has 2 heterocycles. The first-order valence-corrected chi connectivity index (χ1v) is 12.2. The van der Waals surface area contributed by atoms with Crippen molar-refractivity contribution in [1.29, 1.82) is 0 Å². The van der Waals surface area contributed by atoms with Crippen LogP contribution in [0.1, 0.15) is 10.6 Å². The highest BCUT2D eigenvalue weighted by Crippen LogP contribution is 2.32. The number of ether oxygens (including phenoxy) is 1. The molecule has 0 spiro atoms. The highest BCUT2D eigenvalue weighted by atomic mass is 32.2. The third-order valence-electron chi connectivity index (χ3n) is 4.85. The fraction of sp³-hybridized carbons (Fsp3) is 0.182. The minimum absolute atomic E-state index is 0.0322. The first kappa shape index (κ1) is 22.0. The quantitative estimate of drug-likeness (QED) is 0.384. The molecule has 0 saturated heterocycles. The van der Waals surface area contributed by atoms with Gasteiger partial charge in [-0.15, -0.1) is 11.3 Å². The van der Waals surface area contributed by atoms with Gasteiger partial charge in [0.05, 0.1) is 40.8 Å². The van der Waals surface area contributed by atoms with Gasteiger partial charge in [-0.05, 0) is 55.8 Å². The van der Waals surface area contributed by atoms with Gasteiger partial charge in [-0.3, -0.25) is 0 Å². The molecule has 0 aliphatic rings. The summed E-state index contributed by atoms with van der Waals surface area (Å²) in [5.41, 5.74) is 3.62. The predicted molar refractivity (Wildman–Crippen MR) is 121 cm³/mol. The molecule has 2 aromatic heterocycles. The Hall–Kier alpha value is -3.24. The summed E-state index contributed by atoms with van der Waals surface area (Å²) in [6.45, 7) is 1.87. The third-order valence-corrected chi connectivity index (χ3v) is 7.56. The van der Waals surface area contributed by atoms with Crippen LogP contribution in [0.4, 0.5) is 16.1 Å². The van der Waals surface area contributed by atoms with Crippen molar-refractivity contribution < 1.29 is 22.0 Å². The second-order valence-electron chi connectivity index (χ2n) is 6.95. The number of thiazole rings is 1. The monoisotopic (exact) mass is 473 g/mol. The number of benzene rings is 2. The number of oxazole rings is 1. The van der Waals surface area contributed by atoms with Crippen LogP contribution in [0.15, 0.2) is 63.5 Å². The van der Waals surface area contributed by atoms with E-state index in [1.807, 2.05) is 6.92 Å². The molecule has 0 unspecified atom stereocenters. The van der Waals surface area contributed by atoms with E-state index in [0.29, 0.717) is 29.2 Å². The van der Waals surface area contributed by atoms with Crippen molar-refractivity contribution in [2.45, 2.75) is 18.2 Å². The molecule has 32 heavy (non-hydrogen) atoms. The van der Waals surface area contributed by atoms with E-state index in [0.717, 1.165) is 10.6 Å². The van der Waals surface area contributed by atoms with Crippen LogP contribution in [0.3, 0.4) is 0 Å². The van der Waals surface area contributed by atoms with E-state index in [-0.39, 0.29) is 22.5 Å². The number of rotatable bonds is 8. The zero-order chi connectivity index (χ0) is 22.7. The van der Waals surface area contributed by atoms with Gasteiger partial charge in [-0.25, -0.2) is 22.8 Å². The first-order valence-electron chi connectivity index (χ1n) is 9.64. The standard InChI is InChI=1S/C22H20FN3O4S2/c1-14-21(31-13-25-14)9-10-32(27,28)17-7-8-19(29-2)18(11-17)26-22-24-12-20(30-22)15-3-5-16(23)6-4-15/h3-8,11-13H,9-10H2,1-2H3,(H,24,26). The molecule has 10 heteroatoms. The van der Waals surface area contributed by atoms with Crippen LogP contribution < -0.4 is 10.1 Å². The highest BCUT2D eigenvalue weighted by molar-refractivity contribution is 7.91. The van der Waals surface area contributed by atoms with E-state index < -0.39 is 9.84 Å². The lowest BCUT2D eigenvalue weighted by atomic mass is 10.2. The number of hydrogen-bond acceptors (Lipinski definition) is 8. The van der Waals surface area contributed by atoms with Crippen molar-refractivity contribution in [3.63, 3.8) is 0 Å². The van der Waals surface area contributed by atoms with Crippen molar-refractivity contribution in [1.82, 2.24) is 9.97 Å². The molecule has 0 bridgehead atoms. The summed E-state index contributed by atoms with van der Waals surface area (Å²) in [7, 11) is -2.05. The normalized spacial score (nSPS) is 11.5. The molecule has 0 aliphatic carbocycles. The number of aromatic nitrogens is 2. The molecule has 0 atom stereocenters. The molecule has 7 nitrogen and oxygen atoms in total. The molecule has 2 aromatic carbocycles. The van der Waals surface area contributed by atoms with E-state index in [2.05, 4.69) is 15.3 Å². The number of aryl methyl sites for hydroxylation is 2. The summed E-state index contributed by atoms with van der Waals surface area (Å²) in [5.74, 6) is 0.494. The molecule has 4 rings (SSSR count). The Balaban J connectivity index is 1.56. The lowest BCUT2D eigenvalue weighted by molar-refractivity contribution is 0.416. The highest BCUT2D eigenvalue weighted by Gasteiger charge is 2.19. The van der Waals surface area contributed by atoms with Crippen LogP contribution >= 0.6 is 11.3 Å². The van der Waals surface area contributed by atoms with Crippen molar-refractivity contribution in [3.05, 3.63) is 70.6 Å². The Labute approximate surface area is 188 Å². The van der Waals surface area contributed by atoms with Crippen molar-refractivity contribution in [2.24, 2.45) is 0 Å². The number of hydrogen-bond donors (Lipinski definition) is 1. The van der Waals surface area contributed by atoms with Gasteiger partial charge in [-0.2, -0.15) is 0 Å². The lowest BCUT2D eigenvalue weighted by Crippen LogP contribution is -2.10. The van der Waals surface area contributed by atoms with Gasteiger partial charge in [-0.1, -0.05) is 0 Å². The summed E-state index contributed by atoms with van der Waals surface area (Å²) >= 11 is 1.45. The molecule has 0 radical (unpaired) electrons. The van der Waals surface area contributed by atoms with Crippen molar-refractivity contribution in [3.8, 4) is 17.1 Å². The number of sulfone groups is 1. The Morgan fingerprint density at radius 1 is 1.16 bits per heavy atom. The molecule has 0 saturated carbocycles. The van der Waals surface area contributed by atoms with Crippen molar-refractivity contribution in [2.75, 3.05) is 18.2 Å². The van der Waals surface area contributed by atoms with Gasteiger partial charge in [0.15, 0.2) is 15.6 Å². The summed E-state index contributed by atoms with van der Waals surface area (Å²) in [4.78, 5) is 9.45. The Morgan fingerprint density at radius 2 is 1.94 bits per heavy atom. The van der Waals surface area contributed by atoms with Crippen LogP contribution in [0.25, 0.3) is 11.3 Å². The topological polar surface area (TPSA) is 94.3 Å². The zero-order valence-corrected chi connectivity index (χ0v) is 19.0. The SMILES string of the molecule is COc1ccc(S(=O)(=O)CCc2scnc2C)cc1Nc1ncc(-c2ccc(F)cc2)o1. The smallest absolute Gasteiger partial charge is 0.299 e. The first-order chi connectivity index (χ1) is 15.4. The Morgan fingerprint density at radius 3 is 2.62 bits per heavy atom. The largest absolute Gasteiger partial charge is 0.495 e. The maximum atomic E-state index is 13.1. The Bertz CT molecular complexity index is 1330. The van der Waals surface area contributed by atoms with Gasteiger partial charge in [0.25, 0.3) is 6.01 Å². The van der Waals surface area contributed by atoms with Crippen molar-refractivity contribution >= 4 is 32.9 Å². The Kier molecular flexibility index (Phi) is 6.24. The average molecular weight is 474 g/mol. The minimum atomic E-state index is -3.54. The number of halogens is 1. The van der Waals surface area contributed by atoms with Gasteiger partial charge >= 0.3 is 0 Å². The summed E-state index contributed by atoms with van der Waals surface area (Å²) in [5, 5.41) is 2.97. The van der Waals surface area contributed by atoms with Crippen LogP contribution in [-0.2, 0) is 16.3 Å². The second kappa shape index (κ2) is 9.09. The summed E-state index contributed by atoms with van der Waals surface area (Å²) in [6.07, 6.45) is 1.90. The van der Waals surface area contributed by atoms with E-state index in [1.54, 1.807) is 23.7 Å². The molecule has 0 fully saturated rings. The maximum absolute atomic E-state index is 13.1. The summed E-state index contributed by atoms with van der Waals surface area (Å²) in [6, 6.07) is 10.6. The zero-order valence-electron chi connectivity index (χ0n) is 17.3. The van der Waals surface area contributed by atoms with Gasteiger partial charge < -0.3 is 14.5 Å². The van der Waals surface area contributed by atoms with Crippen LogP contribution in [0, 0.1) is 12.7 Å². The second-order valence-corrected chi connectivity index (χ2v) is 10.0. The summed E-state index contributed by atoms with van der Waals surface area (Å²) < 4.78 is 50.0. The average Bonchev–Trinajstić information content (AvgIpc) is 3.41. The molecule has 0 aliphatic heterocycles. The van der Waals surface area contributed by atoms with Gasteiger partial charge in [0.1, 0.15) is 11.6 Å². The molecular weight excluding hydrogens is 453 g/mol. The van der Waals surface area contributed by atoms with E-state index in [9.17, 15) is 12.8 Å². The molecule has 0 amide bonds. The van der Waals surface area contributed by atoms with E-state index in [4.69, 9.17) is 9.15 Å². The van der Waals surface area contributed by atoms with Crippen LogP contribution in [0.5, 0.6) is 5.75 Å². The predicted octanol–water partition coefficient (Wildman–Crippen LogP) is 5.01. The van der Waals surface area contributed by atoms with Crippen LogP contribution in [0.2, 0.25) is 0 Å². The third kappa shape index (κ3) is 4.81. The molecule has 166 valence electrons. The number of nitrogens with one attached hydrogen (secondary N) is 1. The number of methoxy groups -OCH3 is 1. The van der Waals surface area contributed by atoms with Gasteiger partial charge in [0, 0.05) is 10.4 Å². The van der Waals surface area contributed by atoms with Gasteiger partial charge in [0.2, 0.25) is 0 Å². The number of anilines is 2. The fourth-order valence-electron chi connectivity index (χ4n) is 3.08. The minimum Gasteiger partial charge on any atom is -0.495 e. The van der Waals surface area contributed by atoms with E-state index in [1.165, 1.54) is 48.9 Å². The molecule has 1 N–H and O–H groups in total. The lowest BCUT2D eigenvalue weighted by Gasteiger charge is -2.11. The number of nitrogens with zero attached hydrogens (tertiary/aromatic N) is 2. The fourth-order valence-corrected chi connectivity index (χ4v) is 5.28.